The lowest BCUT2D eigenvalue weighted by atomic mass is 10.0. The molecule has 0 aliphatic rings. The first kappa shape index (κ1) is 18.3. The molecule has 0 saturated carbocycles. The van der Waals surface area contributed by atoms with E-state index in [0.29, 0.717) is 6.04 Å². The molecule has 0 aliphatic carbocycles. The highest BCUT2D eigenvalue weighted by molar-refractivity contribution is 9.10. The van der Waals surface area contributed by atoms with E-state index >= 15 is 0 Å². The summed E-state index contributed by atoms with van der Waals surface area (Å²) >= 11 is 9.70. The van der Waals surface area contributed by atoms with Crippen LogP contribution >= 0.6 is 27.5 Å². The van der Waals surface area contributed by atoms with E-state index in [9.17, 15) is 0 Å². The van der Waals surface area contributed by atoms with Gasteiger partial charge in [0, 0.05) is 38.7 Å². The van der Waals surface area contributed by atoms with Crippen molar-refractivity contribution < 1.29 is 4.57 Å². The van der Waals surface area contributed by atoms with Crippen LogP contribution in [0.5, 0.6) is 0 Å². The van der Waals surface area contributed by atoms with Crippen LogP contribution in [-0.2, 0) is 6.54 Å². The van der Waals surface area contributed by atoms with Crippen LogP contribution in [0, 0.1) is 0 Å². The van der Waals surface area contributed by atoms with Gasteiger partial charge < -0.3 is 4.57 Å². The van der Waals surface area contributed by atoms with Crippen molar-refractivity contribution in [1.82, 2.24) is 9.55 Å². The zero-order valence-corrected chi connectivity index (χ0v) is 17.5. The number of imidazole rings is 1. The Kier molecular flexibility index (Phi) is 5.37. The third-order valence-corrected chi connectivity index (χ3v) is 5.73. The number of halogens is 2. The molecular weight excluding hydrogens is 422 g/mol. The molecule has 0 amide bonds. The fourth-order valence-electron chi connectivity index (χ4n) is 3.71. The van der Waals surface area contributed by atoms with Gasteiger partial charge in [-0.3, -0.25) is 4.98 Å². The average Bonchev–Trinajstić information content (AvgIpc) is 3.30. The standard InChI is InChI=1S/C22H21BrClN3/c1-2-3-21(26-11-10-25-15-26)20-14-27(13-16-4-7-18(24)8-5-16)22-9-6-17(23)12-19(20)22/h4-12,14-15,21H,2-3,13H2,1H3/p+1. The summed E-state index contributed by atoms with van der Waals surface area (Å²) in [7, 11) is 0. The van der Waals surface area contributed by atoms with Gasteiger partial charge in [0.1, 0.15) is 18.4 Å². The second-order valence-corrected chi connectivity index (χ2v) is 8.22. The topological polar surface area (TPSA) is 24.6 Å². The molecule has 27 heavy (non-hydrogen) atoms. The van der Waals surface area contributed by atoms with E-state index in [-0.39, 0.29) is 0 Å². The van der Waals surface area contributed by atoms with Crippen molar-refractivity contribution in [3.8, 4) is 0 Å². The number of aromatic amines is 1. The minimum Gasteiger partial charge on any atom is -0.343 e. The van der Waals surface area contributed by atoms with Crippen molar-refractivity contribution in [2.45, 2.75) is 32.4 Å². The van der Waals surface area contributed by atoms with Gasteiger partial charge in [-0.2, -0.15) is 0 Å². The Hall–Kier alpha value is -2.04. The number of hydrogen-bond acceptors (Lipinski definition) is 0. The maximum atomic E-state index is 6.05. The summed E-state index contributed by atoms with van der Waals surface area (Å²) in [5.41, 5.74) is 3.85. The number of hydrogen-bond donors (Lipinski definition) is 1. The fraction of sp³-hybridized carbons (Fsp3) is 0.227. The molecule has 0 saturated heterocycles. The first-order valence-corrected chi connectivity index (χ1v) is 10.4. The second-order valence-electron chi connectivity index (χ2n) is 6.86. The Bertz CT molecular complexity index is 1040. The third kappa shape index (κ3) is 3.83. The van der Waals surface area contributed by atoms with Gasteiger partial charge in [-0.25, -0.2) is 4.57 Å². The van der Waals surface area contributed by atoms with Crippen LogP contribution < -0.4 is 4.57 Å². The lowest BCUT2D eigenvalue weighted by molar-refractivity contribution is -0.713. The SMILES string of the molecule is CCCC(c1cn(Cc2ccc(Cl)cc2)c2ccc(Br)cc12)[n+]1cc[nH]c1. The highest BCUT2D eigenvalue weighted by atomic mass is 79.9. The van der Waals surface area contributed by atoms with Crippen molar-refractivity contribution in [3.05, 3.63) is 88.0 Å². The summed E-state index contributed by atoms with van der Waals surface area (Å²) in [6, 6.07) is 15.0. The molecule has 0 spiro atoms. The Morgan fingerprint density at radius 3 is 2.70 bits per heavy atom. The Morgan fingerprint density at radius 1 is 1.19 bits per heavy atom. The number of benzene rings is 2. The molecule has 0 radical (unpaired) electrons. The van der Waals surface area contributed by atoms with Crippen molar-refractivity contribution in [3.63, 3.8) is 0 Å². The summed E-state index contributed by atoms with van der Waals surface area (Å²) in [5.74, 6) is 0. The first-order chi connectivity index (χ1) is 13.2. The molecular formula is C22H22BrClN3+. The van der Waals surface area contributed by atoms with Gasteiger partial charge in [0.2, 0.25) is 6.33 Å². The Balaban J connectivity index is 1.82. The van der Waals surface area contributed by atoms with Gasteiger partial charge in [0.05, 0.1) is 0 Å². The molecule has 1 atom stereocenters. The van der Waals surface area contributed by atoms with Gasteiger partial charge in [0.15, 0.2) is 0 Å². The highest BCUT2D eigenvalue weighted by Gasteiger charge is 2.22. The number of rotatable bonds is 6. The van der Waals surface area contributed by atoms with E-state index in [1.165, 1.54) is 22.0 Å². The van der Waals surface area contributed by atoms with E-state index in [4.69, 9.17) is 11.6 Å². The van der Waals surface area contributed by atoms with Crippen molar-refractivity contribution >= 4 is 38.4 Å². The van der Waals surface area contributed by atoms with E-state index in [0.717, 1.165) is 28.9 Å². The summed E-state index contributed by atoms with van der Waals surface area (Å²) in [6.07, 6.45) is 10.7. The molecule has 2 aromatic heterocycles. The monoisotopic (exact) mass is 442 g/mol. The Labute approximate surface area is 172 Å². The largest absolute Gasteiger partial charge is 0.343 e. The average molecular weight is 444 g/mol. The number of nitrogens with zero attached hydrogens (tertiary/aromatic N) is 2. The third-order valence-electron chi connectivity index (χ3n) is 4.99. The molecule has 138 valence electrons. The van der Waals surface area contributed by atoms with Crippen LogP contribution in [0.4, 0.5) is 0 Å². The molecule has 1 N–H and O–H groups in total. The molecule has 5 heteroatoms. The number of H-pyrrole nitrogens is 1. The van der Waals surface area contributed by atoms with Crippen LogP contribution in [-0.4, -0.2) is 9.55 Å². The molecule has 2 aromatic carbocycles. The summed E-state index contributed by atoms with van der Waals surface area (Å²) in [6.45, 7) is 3.06. The minimum atomic E-state index is 0.310. The van der Waals surface area contributed by atoms with Crippen LogP contribution in [0.2, 0.25) is 5.02 Å². The first-order valence-electron chi connectivity index (χ1n) is 9.22. The summed E-state index contributed by atoms with van der Waals surface area (Å²) in [4.78, 5) is 3.18. The second kappa shape index (κ2) is 7.91. The molecule has 0 fully saturated rings. The lowest BCUT2D eigenvalue weighted by Crippen LogP contribution is -2.37. The van der Waals surface area contributed by atoms with Gasteiger partial charge in [0.25, 0.3) is 0 Å². The zero-order chi connectivity index (χ0) is 18.8. The zero-order valence-electron chi connectivity index (χ0n) is 15.2. The van der Waals surface area contributed by atoms with E-state index in [1.54, 1.807) is 0 Å². The van der Waals surface area contributed by atoms with Gasteiger partial charge >= 0.3 is 0 Å². The van der Waals surface area contributed by atoms with Crippen molar-refractivity contribution in [2.24, 2.45) is 0 Å². The molecule has 3 nitrogen and oxygen atoms in total. The predicted octanol–water partition coefficient (Wildman–Crippen LogP) is 6.11. The minimum absolute atomic E-state index is 0.310. The lowest BCUT2D eigenvalue weighted by Gasteiger charge is -2.12. The number of fused-ring (bicyclic) bond motifs is 1. The van der Waals surface area contributed by atoms with Crippen LogP contribution in [0.25, 0.3) is 10.9 Å². The Morgan fingerprint density at radius 2 is 2.00 bits per heavy atom. The van der Waals surface area contributed by atoms with Crippen molar-refractivity contribution in [1.29, 1.82) is 0 Å². The number of aromatic nitrogens is 3. The van der Waals surface area contributed by atoms with Crippen LogP contribution in [0.1, 0.15) is 36.9 Å². The van der Waals surface area contributed by atoms with Gasteiger partial charge in [-0.05, 0) is 42.3 Å². The summed E-state index contributed by atoms with van der Waals surface area (Å²) in [5, 5.41) is 2.07. The smallest absolute Gasteiger partial charge is 0.242 e. The molecule has 0 bridgehead atoms. The number of nitrogens with one attached hydrogen (secondary N) is 1. The highest BCUT2D eigenvalue weighted by Crippen LogP contribution is 2.31. The molecule has 0 aliphatic heterocycles. The maximum Gasteiger partial charge on any atom is 0.242 e. The van der Waals surface area contributed by atoms with E-state index in [1.807, 2.05) is 24.7 Å². The van der Waals surface area contributed by atoms with Gasteiger partial charge in [-0.1, -0.05) is 53.0 Å². The molecule has 2 heterocycles. The molecule has 4 rings (SSSR count). The summed E-state index contributed by atoms with van der Waals surface area (Å²) < 4.78 is 5.72. The normalized spacial score (nSPS) is 12.6. The molecule has 1 unspecified atom stereocenters. The van der Waals surface area contributed by atoms with Gasteiger partial charge in [-0.15, -0.1) is 0 Å². The van der Waals surface area contributed by atoms with Crippen LogP contribution in [0.3, 0.4) is 0 Å². The van der Waals surface area contributed by atoms with Crippen molar-refractivity contribution in [2.75, 3.05) is 0 Å². The van der Waals surface area contributed by atoms with E-state index < -0.39 is 0 Å². The molecule has 4 aromatic rings. The predicted molar refractivity (Wildman–Crippen MR) is 114 cm³/mol. The maximum absolute atomic E-state index is 6.05. The van der Waals surface area contributed by atoms with Crippen LogP contribution in [0.15, 0.2) is 71.9 Å². The fourth-order valence-corrected chi connectivity index (χ4v) is 4.20. The van der Waals surface area contributed by atoms with E-state index in [2.05, 4.69) is 79.7 Å². The quantitative estimate of drug-likeness (QED) is 0.348.